The number of sulfonamides is 1. The van der Waals surface area contributed by atoms with Crippen LogP contribution in [0.2, 0.25) is 0 Å². The average molecular weight is 313 g/mol. The molecule has 0 aliphatic carbocycles. The van der Waals surface area contributed by atoms with Gasteiger partial charge in [-0.2, -0.15) is 0 Å². The third kappa shape index (κ3) is 5.05. The Labute approximate surface area is 126 Å². The van der Waals surface area contributed by atoms with E-state index in [1.54, 1.807) is 24.3 Å². The predicted molar refractivity (Wildman–Crippen MR) is 81.5 cm³/mol. The third-order valence-corrected chi connectivity index (χ3v) is 4.62. The molecule has 0 spiro atoms. The molecule has 0 amide bonds. The molecule has 1 saturated heterocycles. The molecule has 1 aliphatic rings. The Morgan fingerprint density at radius 3 is 2.48 bits per heavy atom. The van der Waals surface area contributed by atoms with Crippen molar-refractivity contribution in [2.75, 3.05) is 39.4 Å². The largest absolute Gasteiger partial charge is 0.379 e. The molecule has 1 aliphatic heterocycles. The Kier molecular flexibility index (Phi) is 5.72. The van der Waals surface area contributed by atoms with Crippen LogP contribution in [0.5, 0.6) is 0 Å². The van der Waals surface area contributed by atoms with Gasteiger partial charge in [-0.25, -0.2) is 13.6 Å². The van der Waals surface area contributed by atoms with Crippen molar-refractivity contribution in [2.45, 2.75) is 17.9 Å². The van der Waals surface area contributed by atoms with Crippen molar-refractivity contribution < 1.29 is 13.2 Å². The summed E-state index contributed by atoms with van der Waals surface area (Å²) < 4.78 is 27.7. The second kappa shape index (κ2) is 7.33. The highest BCUT2D eigenvalue weighted by molar-refractivity contribution is 7.89. The Hall–Kier alpha value is -0.990. The van der Waals surface area contributed by atoms with Gasteiger partial charge >= 0.3 is 0 Å². The lowest BCUT2D eigenvalue weighted by molar-refractivity contribution is 0.0382. The lowest BCUT2D eigenvalue weighted by atomic mass is 10.1. The minimum Gasteiger partial charge on any atom is -0.379 e. The molecule has 1 aromatic rings. The molecule has 0 radical (unpaired) electrons. The molecule has 3 N–H and O–H groups in total. The fourth-order valence-electron chi connectivity index (χ4n) is 2.33. The summed E-state index contributed by atoms with van der Waals surface area (Å²) in [6.45, 7) is 7.53. The van der Waals surface area contributed by atoms with Gasteiger partial charge in [0.15, 0.2) is 0 Å². The monoisotopic (exact) mass is 313 g/mol. The standard InChI is InChI=1S/C14H23N3O3S/c1-12(16-6-7-17-8-10-20-11-9-17)13-2-4-14(5-3-13)21(15,18)19/h2-5,12,16H,6-11H2,1H3,(H2,15,18,19). The highest BCUT2D eigenvalue weighted by Gasteiger charge is 2.12. The molecule has 0 aromatic heterocycles. The summed E-state index contributed by atoms with van der Waals surface area (Å²) in [7, 11) is -3.62. The smallest absolute Gasteiger partial charge is 0.238 e. The van der Waals surface area contributed by atoms with Crippen LogP contribution in [0.3, 0.4) is 0 Å². The molecule has 1 atom stereocenters. The first-order chi connectivity index (χ1) is 9.97. The van der Waals surface area contributed by atoms with Crippen molar-refractivity contribution in [3.8, 4) is 0 Å². The summed E-state index contributed by atoms with van der Waals surface area (Å²) >= 11 is 0. The molecule has 2 rings (SSSR count). The van der Waals surface area contributed by atoms with Gasteiger partial charge in [0.2, 0.25) is 10.0 Å². The minimum absolute atomic E-state index is 0.145. The van der Waals surface area contributed by atoms with Crippen molar-refractivity contribution in [2.24, 2.45) is 5.14 Å². The van der Waals surface area contributed by atoms with Crippen LogP contribution >= 0.6 is 0 Å². The molecular weight excluding hydrogens is 290 g/mol. The maximum absolute atomic E-state index is 11.2. The zero-order chi connectivity index (χ0) is 15.3. The van der Waals surface area contributed by atoms with Crippen LogP contribution in [0.1, 0.15) is 18.5 Å². The van der Waals surface area contributed by atoms with Crippen molar-refractivity contribution in [3.05, 3.63) is 29.8 Å². The summed E-state index contributed by atoms with van der Waals surface area (Å²) in [5.41, 5.74) is 1.05. The number of ether oxygens (including phenoxy) is 1. The number of nitrogens with one attached hydrogen (secondary N) is 1. The highest BCUT2D eigenvalue weighted by Crippen LogP contribution is 2.15. The van der Waals surface area contributed by atoms with Crippen LogP contribution in [0.4, 0.5) is 0 Å². The fraction of sp³-hybridized carbons (Fsp3) is 0.571. The number of hydrogen-bond acceptors (Lipinski definition) is 5. The number of hydrogen-bond donors (Lipinski definition) is 2. The van der Waals surface area contributed by atoms with Gasteiger partial charge in [0.1, 0.15) is 0 Å². The molecule has 21 heavy (non-hydrogen) atoms. The topological polar surface area (TPSA) is 84.7 Å². The van der Waals surface area contributed by atoms with Crippen LogP contribution in [-0.2, 0) is 14.8 Å². The van der Waals surface area contributed by atoms with Crippen LogP contribution in [-0.4, -0.2) is 52.7 Å². The normalized spacial score (nSPS) is 18.6. The van der Waals surface area contributed by atoms with Crippen molar-refractivity contribution in [3.63, 3.8) is 0 Å². The van der Waals surface area contributed by atoms with Crippen molar-refractivity contribution in [1.29, 1.82) is 0 Å². The zero-order valence-corrected chi connectivity index (χ0v) is 13.1. The maximum atomic E-state index is 11.2. The van der Waals surface area contributed by atoms with Gasteiger partial charge in [-0.15, -0.1) is 0 Å². The first-order valence-corrected chi connectivity index (χ1v) is 8.68. The number of morpholine rings is 1. The Bertz CT molecular complexity index is 539. The summed E-state index contributed by atoms with van der Waals surface area (Å²) in [6.07, 6.45) is 0. The van der Waals surface area contributed by atoms with E-state index in [-0.39, 0.29) is 10.9 Å². The number of benzene rings is 1. The summed E-state index contributed by atoms with van der Waals surface area (Å²) in [5.74, 6) is 0. The van der Waals surface area contributed by atoms with Crippen LogP contribution in [0.15, 0.2) is 29.2 Å². The second-order valence-corrected chi connectivity index (χ2v) is 6.81. The summed E-state index contributed by atoms with van der Waals surface area (Å²) in [6, 6.07) is 6.86. The Balaban J connectivity index is 1.81. The molecule has 7 heteroatoms. The highest BCUT2D eigenvalue weighted by atomic mass is 32.2. The second-order valence-electron chi connectivity index (χ2n) is 5.24. The van der Waals surface area contributed by atoms with Crippen molar-refractivity contribution >= 4 is 10.0 Å². The van der Waals surface area contributed by atoms with E-state index < -0.39 is 10.0 Å². The number of nitrogens with two attached hydrogens (primary N) is 1. The molecule has 0 saturated carbocycles. The van der Waals surface area contributed by atoms with E-state index in [1.165, 1.54) is 0 Å². The molecular formula is C14H23N3O3S. The van der Waals surface area contributed by atoms with E-state index in [0.717, 1.165) is 45.0 Å². The number of primary sulfonamides is 1. The van der Waals surface area contributed by atoms with E-state index in [4.69, 9.17) is 9.88 Å². The molecule has 1 unspecified atom stereocenters. The van der Waals surface area contributed by atoms with Gasteiger partial charge in [-0.05, 0) is 24.6 Å². The lowest BCUT2D eigenvalue weighted by Gasteiger charge is -2.27. The first-order valence-electron chi connectivity index (χ1n) is 7.13. The van der Waals surface area contributed by atoms with Gasteiger partial charge < -0.3 is 10.1 Å². The van der Waals surface area contributed by atoms with Crippen LogP contribution in [0, 0.1) is 0 Å². The molecule has 118 valence electrons. The van der Waals surface area contributed by atoms with Gasteiger partial charge in [0.05, 0.1) is 18.1 Å². The van der Waals surface area contributed by atoms with Crippen LogP contribution < -0.4 is 10.5 Å². The van der Waals surface area contributed by atoms with E-state index in [1.807, 2.05) is 0 Å². The summed E-state index contributed by atoms with van der Waals surface area (Å²) in [5, 5.41) is 8.53. The average Bonchev–Trinajstić information content (AvgIpc) is 2.47. The van der Waals surface area contributed by atoms with E-state index in [2.05, 4.69) is 17.1 Å². The molecule has 1 aromatic carbocycles. The Morgan fingerprint density at radius 2 is 1.90 bits per heavy atom. The van der Waals surface area contributed by atoms with E-state index in [9.17, 15) is 8.42 Å². The van der Waals surface area contributed by atoms with Gasteiger partial charge in [0, 0.05) is 32.2 Å². The van der Waals surface area contributed by atoms with Gasteiger partial charge in [-0.1, -0.05) is 12.1 Å². The quantitative estimate of drug-likeness (QED) is 0.790. The molecule has 1 fully saturated rings. The fourth-order valence-corrected chi connectivity index (χ4v) is 2.84. The number of nitrogens with zero attached hydrogens (tertiary/aromatic N) is 1. The summed E-state index contributed by atoms with van der Waals surface area (Å²) in [4.78, 5) is 2.51. The van der Waals surface area contributed by atoms with E-state index >= 15 is 0 Å². The predicted octanol–water partition coefficient (Wildman–Crippen LogP) is 0.317. The zero-order valence-electron chi connectivity index (χ0n) is 12.3. The lowest BCUT2D eigenvalue weighted by Crippen LogP contribution is -2.40. The van der Waals surface area contributed by atoms with Gasteiger partial charge in [0.25, 0.3) is 0 Å². The number of rotatable bonds is 6. The molecule has 1 heterocycles. The minimum atomic E-state index is -3.62. The first kappa shape index (κ1) is 16.4. The van der Waals surface area contributed by atoms with Crippen molar-refractivity contribution in [1.82, 2.24) is 10.2 Å². The van der Waals surface area contributed by atoms with Gasteiger partial charge in [-0.3, -0.25) is 4.90 Å². The van der Waals surface area contributed by atoms with Crippen LogP contribution in [0.25, 0.3) is 0 Å². The Morgan fingerprint density at radius 1 is 1.29 bits per heavy atom. The van der Waals surface area contributed by atoms with E-state index in [0.29, 0.717) is 0 Å². The maximum Gasteiger partial charge on any atom is 0.238 e. The molecule has 6 nitrogen and oxygen atoms in total. The SMILES string of the molecule is CC(NCCN1CCOCC1)c1ccc(S(N)(=O)=O)cc1. The molecule has 0 bridgehead atoms. The third-order valence-electron chi connectivity index (χ3n) is 3.69.